The predicted octanol–water partition coefficient (Wildman–Crippen LogP) is 3.20. The second-order valence-electron chi connectivity index (χ2n) is 9.40. The lowest BCUT2D eigenvalue weighted by Crippen LogP contribution is -2.53. The molecular formula is C21H32O3. The highest BCUT2D eigenvalue weighted by atomic mass is 16.3. The van der Waals surface area contributed by atoms with Gasteiger partial charge in [0.15, 0.2) is 0 Å². The van der Waals surface area contributed by atoms with Gasteiger partial charge in [0.25, 0.3) is 0 Å². The van der Waals surface area contributed by atoms with Crippen LogP contribution >= 0.6 is 0 Å². The Kier molecular flexibility index (Phi) is 3.80. The van der Waals surface area contributed by atoms with Crippen LogP contribution in [0.5, 0.6) is 0 Å². The van der Waals surface area contributed by atoms with Crippen molar-refractivity contribution in [2.45, 2.75) is 77.6 Å². The molecule has 0 radical (unpaired) electrons. The lowest BCUT2D eigenvalue weighted by molar-refractivity contribution is -0.0639. The lowest BCUT2D eigenvalue weighted by Gasteiger charge is -2.56. The summed E-state index contributed by atoms with van der Waals surface area (Å²) in [6.07, 6.45) is 9.15. The van der Waals surface area contributed by atoms with Gasteiger partial charge in [-0.2, -0.15) is 0 Å². The van der Waals surface area contributed by atoms with Gasteiger partial charge < -0.3 is 15.3 Å². The van der Waals surface area contributed by atoms with E-state index in [2.05, 4.69) is 26.0 Å². The normalized spacial score (nSPS) is 51.8. The molecule has 3 heteroatoms. The molecule has 0 aliphatic heterocycles. The Morgan fingerprint density at radius 2 is 1.88 bits per heavy atom. The number of hydrogen-bond acceptors (Lipinski definition) is 3. The fraction of sp³-hybridized carbons (Fsp3) is 0.810. The molecule has 4 aliphatic rings. The van der Waals surface area contributed by atoms with Gasteiger partial charge >= 0.3 is 0 Å². The van der Waals surface area contributed by atoms with E-state index in [1.165, 1.54) is 11.1 Å². The van der Waals surface area contributed by atoms with Gasteiger partial charge in [-0.05, 0) is 68.1 Å². The fourth-order valence-corrected chi connectivity index (χ4v) is 6.94. The first-order chi connectivity index (χ1) is 11.3. The first-order valence-electron chi connectivity index (χ1n) is 9.72. The quantitative estimate of drug-likeness (QED) is 0.691. The zero-order valence-corrected chi connectivity index (χ0v) is 15.2. The molecule has 3 N–H and O–H groups in total. The fourth-order valence-electron chi connectivity index (χ4n) is 6.94. The van der Waals surface area contributed by atoms with Crippen LogP contribution < -0.4 is 0 Å². The van der Waals surface area contributed by atoms with Crippen molar-refractivity contribution in [1.82, 2.24) is 0 Å². The van der Waals surface area contributed by atoms with Crippen LogP contribution in [0.1, 0.15) is 59.3 Å². The van der Waals surface area contributed by atoms with E-state index in [1.807, 2.05) is 6.92 Å². The van der Waals surface area contributed by atoms with E-state index in [-0.39, 0.29) is 41.0 Å². The Hall–Kier alpha value is -0.640. The maximum absolute atomic E-state index is 11.2. The largest absolute Gasteiger partial charge is 0.393 e. The van der Waals surface area contributed by atoms with Crippen molar-refractivity contribution in [2.75, 3.05) is 0 Å². The van der Waals surface area contributed by atoms with E-state index in [0.29, 0.717) is 5.92 Å². The lowest BCUT2D eigenvalue weighted by atomic mass is 9.49. The Bertz CT molecular complexity index is 592. The summed E-state index contributed by atoms with van der Waals surface area (Å²) < 4.78 is 0. The molecule has 0 bridgehead atoms. The van der Waals surface area contributed by atoms with E-state index in [1.54, 1.807) is 0 Å². The average molecular weight is 332 g/mol. The molecule has 3 saturated carbocycles. The molecule has 0 unspecified atom stereocenters. The van der Waals surface area contributed by atoms with Gasteiger partial charge in [-0.1, -0.05) is 37.1 Å². The van der Waals surface area contributed by atoms with Crippen LogP contribution in [0.3, 0.4) is 0 Å². The third kappa shape index (κ3) is 2.14. The van der Waals surface area contributed by atoms with E-state index < -0.39 is 0 Å². The maximum Gasteiger partial charge on any atom is 0.0619 e. The Morgan fingerprint density at radius 1 is 1.12 bits per heavy atom. The summed E-state index contributed by atoms with van der Waals surface area (Å²) in [6, 6.07) is 0. The third-order valence-electron chi connectivity index (χ3n) is 8.14. The van der Waals surface area contributed by atoms with Crippen molar-refractivity contribution in [3.05, 3.63) is 23.3 Å². The molecule has 8 atom stereocenters. The molecule has 4 rings (SSSR count). The Labute approximate surface area is 145 Å². The van der Waals surface area contributed by atoms with Crippen molar-refractivity contribution >= 4 is 0 Å². The van der Waals surface area contributed by atoms with Gasteiger partial charge in [-0.3, -0.25) is 0 Å². The van der Waals surface area contributed by atoms with Gasteiger partial charge in [-0.25, -0.2) is 0 Å². The molecule has 0 saturated heterocycles. The van der Waals surface area contributed by atoms with Crippen LogP contribution in [0.15, 0.2) is 23.3 Å². The molecule has 134 valence electrons. The number of allylic oxidation sites excluding steroid dienone is 2. The summed E-state index contributed by atoms with van der Waals surface area (Å²) in [4.78, 5) is 0. The molecule has 0 heterocycles. The highest BCUT2D eigenvalue weighted by Gasteiger charge is 2.59. The molecule has 0 aromatic rings. The van der Waals surface area contributed by atoms with E-state index >= 15 is 0 Å². The number of hydrogen-bond donors (Lipinski definition) is 3. The zero-order valence-electron chi connectivity index (χ0n) is 15.2. The van der Waals surface area contributed by atoms with Crippen molar-refractivity contribution in [3.63, 3.8) is 0 Å². The van der Waals surface area contributed by atoms with Gasteiger partial charge in [0.1, 0.15) is 0 Å². The van der Waals surface area contributed by atoms with Crippen LogP contribution in [0.25, 0.3) is 0 Å². The summed E-state index contributed by atoms with van der Waals surface area (Å²) >= 11 is 0. The third-order valence-corrected chi connectivity index (χ3v) is 8.14. The van der Waals surface area contributed by atoms with Gasteiger partial charge in [0.05, 0.1) is 18.3 Å². The van der Waals surface area contributed by atoms with Crippen LogP contribution in [0, 0.1) is 28.6 Å². The van der Waals surface area contributed by atoms with Crippen molar-refractivity contribution in [3.8, 4) is 0 Å². The predicted molar refractivity (Wildman–Crippen MR) is 94.2 cm³/mol. The minimum atomic E-state index is -0.346. The van der Waals surface area contributed by atoms with E-state index in [0.717, 1.165) is 38.5 Å². The standard InChI is InChI=1S/C21H32O3/c1-12(22)16-6-7-17-15-5-4-13-10-14(23)8-9-20(13,2)19(15)18(24)11-21(16,17)3/h4-5,12,14,16-19,22-24H,6-11H2,1-3H3/t12-,14+,16-,17+,18+,19-,20+,21-/m1/s1. The van der Waals surface area contributed by atoms with Crippen LogP contribution in [0.4, 0.5) is 0 Å². The van der Waals surface area contributed by atoms with Crippen molar-refractivity contribution in [2.24, 2.45) is 28.6 Å². The summed E-state index contributed by atoms with van der Waals surface area (Å²) in [5.41, 5.74) is 2.74. The monoisotopic (exact) mass is 332 g/mol. The molecule has 0 aromatic heterocycles. The molecule has 4 aliphatic carbocycles. The Morgan fingerprint density at radius 3 is 2.58 bits per heavy atom. The number of aliphatic hydroxyl groups excluding tert-OH is 3. The van der Waals surface area contributed by atoms with Gasteiger partial charge in [0, 0.05) is 5.92 Å². The number of fused-ring (bicyclic) bond motifs is 5. The number of rotatable bonds is 1. The molecular weight excluding hydrogens is 300 g/mol. The van der Waals surface area contributed by atoms with Crippen LogP contribution in [0.2, 0.25) is 0 Å². The minimum Gasteiger partial charge on any atom is -0.393 e. The highest BCUT2D eigenvalue weighted by Crippen LogP contribution is 2.65. The van der Waals surface area contributed by atoms with Gasteiger partial charge in [-0.15, -0.1) is 0 Å². The summed E-state index contributed by atoms with van der Waals surface area (Å²) in [7, 11) is 0. The molecule has 0 amide bonds. The number of aliphatic hydroxyl groups is 3. The SMILES string of the molecule is C[C@@H](O)[C@H]1CC[C@H]2C3=CC=C4C[C@@H](O)CC[C@]4(C)[C@H]3[C@@H](O)C[C@]12C. The average Bonchev–Trinajstić information content (AvgIpc) is 2.84. The van der Waals surface area contributed by atoms with E-state index in [9.17, 15) is 15.3 Å². The maximum atomic E-state index is 11.2. The highest BCUT2D eigenvalue weighted by molar-refractivity contribution is 5.40. The zero-order chi connectivity index (χ0) is 17.3. The molecule has 3 fully saturated rings. The van der Waals surface area contributed by atoms with Crippen molar-refractivity contribution < 1.29 is 15.3 Å². The minimum absolute atomic E-state index is 0.00575. The topological polar surface area (TPSA) is 60.7 Å². The summed E-state index contributed by atoms with van der Waals surface area (Å²) in [6.45, 7) is 6.50. The summed E-state index contributed by atoms with van der Waals surface area (Å²) in [5, 5.41) is 31.5. The Balaban J connectivity index is 1.76. The molecule has 24 heavy (non-hydrogen) atoms. The van der Waals surface area contributed by atoms with Gasteiger partial charge in [0.2, 0.25) is 0 Å². The molecule has 0 spiro atoms. The second-order valence-corrected chi connectivity index (χ2v) is 9.40. The second kappa shape index (κ2) is 5.43. The van der Waals surface area contributed by atoms with Crippen LogP contribution in [-0.2, 0) is 0 Å². The van der Waals surface area contributed by atoms with Crippen molar-refractivity contribution in [1.29, 1.82) is 0 Å². The first kappa shape index (κ1) is 16.8. The molecule has 0 aromatic carbocycles. The molecule has 3 nitrogen and oxygen atoms in total. The summed E-state index contributed by atoms with van der Waals surface area (Å²) in [5.74, 6) is 0.952. The van der Waals surface area contributed by atoms with Crippen LogP contribution in [-0.4, -0.2) is 33.6 Å². The van der Waals surface area contributed by atoms with E-state index in [4.69, 9.17) is 0 Å². The first-order valence-corrected chi connectivity index (χ1v) is 9.72. The smallest absolute Gasteiger partial charge is 0.0619 e.